The lowest BCUT2D eigenvalue weighted by Crippen LogP contribution is -2.06. The van der Waals surface area contributed by atoms with Gasteiger partial charge in [0.1, 0.15) is 0 Å². The highest BCUT2D eigenvalue weighted by molar-refractivity contribution is 14.1. The van der Waals surface area contributed by atoms with Crippen molar-refractivity contribution in [3.8, 4) is 0 Å². The first-order chi connectivity index (χ1) is 11.2. The van der Waals surface area contributed by atoms with Gasteiger partial charge in [-0.1, -0.05) is 52.9 Å². The molecule has 1 atom stereocenters. The normalized spacial score (nSPS) is 16.2. The van der Waals surface area contributed by atoms with Crippen LogP contribution in [-0.2, 0) is 17.6 Å². The Balaban J connectivity index is 2.10. The lowest BCUT2D eigenvalue weighted by atomic mass is 9.97. The Bertz CT molecular complexity index is 714. The predicted molar refractivity (Wildman–Crippen MR) is 105 cm³/mol. The number of hydrogen-bond donors (Lipinski definition) is 0. The van der Waals surface area contributed by atoms with Crippen LogP contribution in [0.4, 0.5) is 0 Å². The lowest BCUT2D eigenvalue weighted by molar-refractivity contribution is 0.0600. The Kier molecular flexibility index (Phi) is 5.64. The summed E-state index contributed by atoms with van der Waals surface area (Å²) in [5.41, 5.74) is 6.08. The van der Waals surface area contributed by atoms with Crippen LogP contribution in [0.1, 0.15) is 37.9 Å². The molecule has 0 aliphatic heterocycles. The molecular weight excluding hydrogens is 419 g/mol. The van der Waals surface area contributed by atoms with Crippen LogP contribution in [0.2, 0.25) is 0 Å². The van der Waals surface area contributed by atoms with E-state index in [2.05, 4.69) is 52.9 Å². The van der Waals surface area contributed by atoms with Crippen molar-refractivity contribution in [1.29, 1.82) is 0 Å². The largest absolute Gasteiger partial charge is 0.465 e. The molecule has 0 heterocycles. The number of thioether (sulfide) groups is 1. The van der Waals surface area contributed by atoms with Crippen LogP contribution in [0.5, 0.6) is 0 Å². The van der Waals surface area contributed by atoms with Gasteiger partial charge in [-0.2, -0.15) is 0 Å². The Morgan fingerprint density at radius 1 is 1.17 bits per heavy atom. The van der Waals surface area contributed by atoms with E-state index in [0.717, 1.165) is 23.0 Å². The summed E-state index contributed by atoms with van der Waals surface area (Å²) in [5.74, 6) is 0.838. The van der Waals surface area contributed by atoms with Crippen molar-refractivity contribution in [3.05, 3.63) is 70.3 Å². The van der Waals surface area contributed by atoms with Crippen LogP contribution in [0.25, 0.3) is 0 Å². The first-order valence-electron chi connectivity index (χ1n) is 7.71. The number of alkyl halides is 1. The SMILES string of the molecule is COC(=O)c1ccc2c(c1)C(SCCI)c1ccccc1CC2. The van der Waals surface area contributed by atoms with Gasteiger partial charge < -0.3 is 4.74 Å². The molecule has 0 saturated carbocycles. The van der Waals surface area contributed by atoms with E-state index >= 15 is 0 Å². The molecule has 4 heteroatoms. The standard InChI is InChI=1S/C19H19IO2S/c1-22-19(21)15-9-8-14-7-6-13-4-2-3-5-16(13)18(17(14)12-15)23-11-10-20/h2-5,8-9,12,18H,6-7,10-11H2,1H3. The van der Waals surface area contributed by atoms with Crippen LogP contribution in [0, 0.1) is 0 Å². The number of carbonyl (C=O) groups is 1. The highest BCUT2D eigenvalue weighted by atomic mass is 127. The Morgan fingerprint density at radius 2 is 1.91 bits per heavy atom. The van der Waals surface area contributed by atoms with Crippen LogP contribution < -0.4 is 0 Å². The fraction of sp³-hybridized carbons (Fsp3) is 0.316. The maximum Gasteiger partial charge on any atom is 0.337 e. The summed E-state index contributed by atoms with van der Waals surface area (Å²) in [6, 6.07) is 14.7. The zero-order chi connectivity index (χ0) is 16.2. The molecule has 0 radical (unpaired) electrons. The fourth-order valence-corrected chi connectivity index (χ4v) is 5.00. The van der Waals surface area contributed by atoms with Crippen molar-refractivity contribution < 1.29 is 9.53 Å². The summed E-state index contributed by atoms with van der Waals surface area (Å²) >= 11 is 4.39. The van der Waals surface area contributed by atoms with Gasteiger partial charge in [0, 0.05) is 10.2 Å². The second-order valence-corrected chi connectivity index (χ2v) is 7.84. The van der Waals surface area contributed by atoms with E-state index in [1.54, 1.807) is 0 Å². The number of fused-ring (bicyclic) bond motifs is 2. The molecule has 0 fully saturated rings. The molecule has 1 aliphatic rings. The molecule has 0 aromatic heterocycles. The van der Waals surface area contributed by atoms with Crippen LogP contribution >= 0.6 is 34.4 Å². The van der Waals surface area contributed by atoms with Gasteiger partial charge in [-0.3, -0.25) is 0 Å². The second kappa shape index (κ2) is 7.71. The monoisotopic (exact) mass is 438 g/mol. The summed E-state index contributed by atoms with van der Waals surface area (Å²) in [6.07, 6.45) is 2.08. The number of rotatable bonds is 4. The summed E-state index contributed by atoms with van der Waals surface area (Å²) in [6.45, 7) is 0. The molecule has 2 nitrogen and oxygen atoms in total. The quantitative estimate of drug-likeness (QED) is 0.389. The van der Waals surface area contributed by atoms with Gasteiger partial charge >= 0.3 is 5.97 Å². The molecule has 0 N–H and O–H groups in total. The van der Waals surface area contributed by atoms with E-state index in [4.69, 9.17) is 4.74 Å². The van der Waals surface area contributed by atoms with Gasteiger partial charge in [-0.05, 0) is 47.2 Å². The molecule has 0 saturated heterocycles. The van der Waals surface area contributed by atoms with Gasteiger partial charge in [0.15, 0.2) is 0 Å². The summed E-state index contributed by atoms with van der Waals surface area (Å²) in [7, 11) is 1.44. The maximum atomic E-state index is 11.9. The van der Waals surface area contributed by atoms with E-state index < -0.39 is 0 Å². The van der Waals surface area contributed by atoms with E-state index in [0.29, 0.717) is 10.8 Å². The van der Waals surface area contributed by atoms with Gasteiger partial charge in [-0.15, -0.1) is 11.8 Å². The highest BCUT2D eigenvalue weighted by Crippen LogP contribution is 2.42. The van der Waals surface area contributed by atoms with E-state index in [1.807, 2.05) is 23.9 Å². The smallest absolute Gasteiger partial charge is 0.337 e. The number of aryl methyl sites for hydroxylation is 2. The maximum absolute atomic E-state index is 11.9. The number of halogens is 1. The van der Waals surface area contributed by atoms with E-state index in [9.17, 15) is 4.79 Å². The molecule has 0 spiro atoms. The highest BCUT2D eigenvalue weighted by Gasteiger charge is 2.24. The number of methoxy groups -OCH3 is 1. The van der Waals surface area contributed by atoms with Gasteiger partial charge in [0.25, 0.3) is 0 Å². The Hall–Kier alpha value is -1.01. The minimum atomic E-state index is -0.261. The summed E-state index contributed by atoms with van der Waals surface area (Å²) in [5, 5.41) is 0.295. The molecule has 0 bridgehead atoms. The van der Waals surface area contributed by atoms with Gasteiger partial charge in [-0.25, -0.2) is 4.79 Å². The van der Waals surface area contributed by atoms with E-state index in [1.165, 1.54) is 29.4 Å². The van der Waals surface area contributed by atoms with Crippen molar-refractivity contribution in [2.24, 2.45) is 0 Å². The first-order valence-corrected chi connectivity index (χ1v) is 10.3. The minimum absolute atomic E-state index is 0.261. The number of hydrogen-bond acceptors (Lipinski definition) is 3. The lowest BCUT2D eigenvalue weighted by Gasteiger charge is -2.20. The predicted octanol–water partition coefficient (Wildman–Crippen LogP) is 4.83. The van der Waals surface area contributed by atoms with Crippen LogP contribution in [-0.4, -0.2) is 23.3 Å². The summed E-state index contributed by atoms with van der Waals surface area (Å²) < 4.78 is 6.02. The molecule has 2 aromatic rings. The van der Waals surface area contributed by atoms with Gasteiger partial charge in [0.05, 0.1) is 17.9 Å². The van der Waals surface area contributed by atoms with Crippen LogP contribution in [0.15, 0.2) is 42.5 Å². The molecule has 2 aromatic carbocycles. The van der Waals surface area contributed by atoms with Crippen molar-refractivity contribution in [2.75, 3.05) is 17.3 Å². The zero-order valence-electron chi connectivity index (χ0n) is 13.0. The van der Waals surface area contributed by atoms with Crippen molar-refractivity contribution in [1.82, 2.24) is 0 Å². The number of carbonyl (C=O) groups excluding carboxylic acids is 1. The average Bonchev–Trinajstić information content (AvgIpc) is 2.75. The zero-order valence-corrected chi connectivity index (χ0v) is 16.0. The third kappa shape index (κ3) is 3.58. The number of ether oxygens (including phenoxy) is 1. The van der Waals surface area contributed by atoms with Crippen molar-refractivity contribution in [2.45, 2.75) is 18.1 Å². The molecule has 1 unspecified atom stereocenters. The molecule has 23 heavy (non-hydrogen) atoms. The average molecular weight is 438 g/mol. The van der Waals surface area contributed by atoms with Crippen molar-refractivity contribution in [3.63, 3.8) is 0 Å². The van der Waals surface area contributed by atoms with Crippen molar-refractivity contribution >= 4 is 40.3 Å². The third-order valence-corrected chi connectivity index (χ3v) is 6.76. The second-order valence-electron chi connectivity index (χ2n) is 5.54. The number of benzene rings is 2. The molecule has 0 amide bonds. The molecule has 3 rings (SSSR count). The van der Waals surface area contributed by atoms with Gasteiger partial charge in [0.2, 0.25) is 0 Å². The minimum Gasteiger partial charge on any atom is -0.465 e. The van der Waals surface area contributed by atoms with E-state index in [-0.39, 0.29) is 5.97 Å². The molecular formula is C19H19IO2S. The summed E-state index contributed by atoms with van der Waals surface area (Å²) in [4.78, 5) is 11.9. The fourth-order valence-electron chi connectivity index (χ4n) is 3.11. The Morgan fingerprint density at radius 3 is 2.65 bits per heavy atom. The molecule has 1 aliphatic carbocycles. The number of esters is 1. The molecule has 120 valence electrons. The third-order valence-electron chi connectivity index (χ3n) is 4.21. The van der Waals surface area contributed by atoms with Crippen LogP contribution in [0.3, 0.4) is 0 Å². The first kappa shape index (κ1) is 16.8. The Labute approximate surface area is 155 Å². The topological polar surface area (TPSA) is 26.3 Å².